The molecule has 0 aliphatic carbocycles. The molecule has 0 aromatic heterocycles. The van der Waals surface area contributed by atoms with E-state index in [0.717, 1.165) is 26.2 Å². The maximum Gasteiger partial charge on any atom is 0.0666 e. The monoisotopic (exact) mass is 243 g/mol. The van der Waals surface area contributed by atoms with E-state index in [1.807, 2.05) is 6.92 Å². The molecule has 0 spiro atoms. The van der Waals surface area contributed by atoms with Gasteiger partial charge in [-0.2, -0.15) is 5.26 Å². The summed E-state index contributed by atoms with van der Waals surface area (Å²) in [5.74, 6) is 0.105. The predicted molar refractivity (Wildman–Crippen MR) is 72.9 cm³/mol. The lowest BCUT2D eigenvalue weighted by Gasteiger charge is -2.17. The van der Waals surface area contributed by atoms with E-state index in [4.69, 9.17) is 5.26 Å². The molecule has 2 unspecified atom stereocenters. The number of hydrogen-bond acceptors (Lipinski definition) is 3. The molecule has 1 aliphatic rings. The largest absolute Gasteiger partial charge is 0.311 e. The van der Waals surface area contributed by atoms with Gasteiger partial charge in [0.25, 0.3) is 0 Å². The quantitative estimate of drug-likeness (QED) is 0.860. The first kappa shape index (κ1) is 13.1. The average Bonchev–Trinajstić information content (AvgIpc) is 2.85. The Bertz CT molecular complexity index is 396. The number of nitrogens with zero attached hydrogens (tertiary/aromatic N) is 2. The molecule has 1 N–H and O–H groups in total. The van der Waals surface area contributed by atoms with Crippen LogP contribution in [0.15, 0.2) is 30.3 Å². The van der Waals surface area contributed by atoms with Crippen LogP contribution < -0.4 is 5.32 Å². The molecule has 18 heavy (non-hydrogen) atoms. The fourth-order valence-corrected chi connectivity index (χ4v) is 2.37. The van der Waals surface area contributed by atoms with E-state index in [1.165, 1.54) is 12.0 Å². The van der Waals surface area contributed by atoms with Crippen molar-refractivity contribution in [3.8, 4) is 6.07 Å². The van der Waals surface area contributed by atoms with Gasteiger partial charge in [-0.1, -0.05) is 30.3 Å². The average molecular weight is 243 g/mol. The molecular weight excluding hydrogens is 222 g/mol. The minimum absolute atomic E-state index is 0.105. The highest BCUT2D eigenvalue weighted by Gasteiger charge is 2.22. The fourth-order valence-electron chi connectivity index (χ4n) is 2.37. The van der Waals surface area contributed by atoms with Crippen molar-refractivity contribution >= 4 is 0 Å². The zero-order valence-electron chi connectivity index (χ0n) is 11.0. The molecule has 0 amide bonds. The summed E-state index contributed by atoms with van der Waals surface area (Å²) >= 11 is 0. The van der Waals surface area contributed by atoms with Crippen LogP contribution in [0.5, 0.6) is 0 Å². The normalized spacial score (nSPS) is 21.7. The summed E-state index contributed by atoms with van der Waals surface area (Å²) in [7, 11) is 0. The van der Waals surface area contributed by atoms with Crippen molar-refractivity contribution in [2.75, 3.05) is 19.6 Å². The van der Waals surface area contributed by atoms with E-state index in [0.29, 0.717) is 6.04 Å². The van der Waals surface area contributed by atoms with E-state index in [-0.39, 0.29) is 5.92 Å². The Morgan fingerprint density at radius 2 is 2.22 bits per heavy atom. The number of nitriles is 1. The van der Waals surface area contributed by atoms with Gasteiger partial charge in [0.05, 0.1) is 12.0 Å². The third-order valence-electron chi connectivity index (χ3n) is 3.45. The molecule has 1 saturated heterocycles. The number of rotatable bonds is 5. The van der Waals surface area contributed by atoms with Gasteiger partial charge in [0, 0.05) is 32.2 Å². The summed E-state index contributed by atoms with van der Waals surface area (Å²) in [5, 5.41) is 12.2. The third kappa shape index (κ3) is 3.83. The van der Waals surface area contributed by atoms with Gasteiger partial charge in [-0.3, -0.25) is 4.90 Å². The Kier molecular flexibility index (Phi) is 4.74. The van der Waals surface area contributed by atoms with Crippen molar-refractivity contribution in [1.29, 1.82) is 5.26 Å². The SMILES string of the molecule is CC(C#N)CNC1CCN(Cc2ccccc2)C1. The van der Waals surface area contributed by atoms with Crippen LogP contribution in [-0.4, -0.2) is 30.6 Å². The molecule has 1 aliphatic heterocycles. The van der Waals surface area contributed by atoms with E-state index >= 15 is 0 Å². The number of nitrogens with one attached hydrogen (secondary N) is 1. The van der Waals surface area contributed by atoms with Gasteiger partial charge in [0.1, 0.15) is 0 Å². The second kappa shape index (κ2) is 6.53. The van der Waals surface area contributed by atoms with Crippen LogP contribution >= 0.6 is 0 Å². The highest BCUT2D eigenvalue weighted by atomic mass is 15.2. The van der Waals surface area contributed by atoms with Crippen LogP contribution in [0.25, 0.3) is 0 Å². The van der Waals surface area contributed by atoms with Gasteiger partial charge < -0.3 is 5.32 Å². The highest BCUT2D eigenvalue weighted by molar-refractivity contribution is 5.14. The topological polar surface area (TPSA) is 39.1 Å². The van der Waals surface area contributed by atoms with Gasteiger partial charge >= 0.3 is 0 Å². The molecule has 96 valence electrons. The van der Waals surface area contributed by atoms with Gasteiger partial charge in [0.15, 0.2) is 0 Å². The van der Waals surface area contributed by atoms with E-state index in [1.54, 1.807) is 0 Å². The summed E-state index contributed by atoms with van der Waals surface area (Å²) < 4.78 is 0. The maximum atomic E-state index is 8.76. The second-order valence-electron chi connectivity index (χ2n) is 5.14. The Hall–Kier alpha value is -1.37. The van der Waals surface area contributed by atoms with E-state index < -0.39 is 0 Å². The summed E-state index contributed by atoms with van der Waals surface area (Å²) in [5.41, 5.74) is 1.38. The van der Waals surface area contributed by atoms with Crippen molar-refractivity contribution in [1.82, 2.24) is 10.2 Å². The second-order valence-corrected chi connectivity index (χ2v) is 5.14. The van der Waals surface area contributed by atoms with Crippen molar-refractivity contribution in [2.24, 2.45) is 5.92 Å². The molecule has 0 saturated carbocycles. The smallest absolute Gasteiger partial charge is 0.0666 e. The summed E-state index contributed by atoms with van der Waals surface area (Å²) in [6, 6.07) is 13.4. The Labute approximate surface area is 109 Å². The molecule has 1 fully saturated rings. The van der Waals surface area contributed by atoms with Crippen molar-refractivity contribution < 1.29 is 0 Å². The van der Waals surface area contributed by atoms with Gasteiger partial charge in [-0.15, -0.1) is 0 Å². The molecule has 3 nitrogen and oxygen atoms in total. The van der Waals surface area contributed by atoms with Crippen LogP contribution in [0.3, 0.4) is 0 Å². The molecule has 2 atom stereocenters. The van der Waals surface area contributed by atoms with Crippen molar-refractivity contribution in [3.05, 3.63) is 35.9 Å². The fraction of sp³-hybridized carbons (Fsp3) is 0.533. The summed E-state index contributed by atoms with van der Waals surface area (Å²) in [6.07, 6.45) is 1.19. The predicted octanol–water partition coefficient (Wildman–Crippen LogP) is 2.01. The number of likely N-dealkylation sites (tertiary alicyclic amines) is 1. The molecule has 1 aromatic carbocycles. The van der Waals surface area contributed by atoms with Crippen LogP contribution in [0.1, 0.15) is 18.9 Å². The van der Waals surface area contributed by atoms with Gasteiger partial charge in [-0.25, -0.2) is 0 Å². The first-order valence-electron chi connectivity index (χ1n) is 6.67. The first-order valence-corrected chi connectivity index (χ1v) is 6.67. The summed E-state index contributed by atoms with van der Waals surface area (Å²) in [6.45, 7) is 6.04. The van der Waals surface area contributed by atoms with E-state index in [2.05, 4.69) is 46.6 Å². The lowest BCUT2D eigenvalue weighted by molar-refractivity contribution is 0.319. The Morgan fingerprint density at radius 3 is 2.94 bits per heavy atom. The lowest BCUT2D eigenvalue weighted by Crippen LogP contribution is -2.34. The van der Waals surface area contributed by atoms with Crippen LogP contribution in [0, 0.1) is 17.2 Å². The van der Waals surface area contributed by atoms with Crippen LogP contribution in [-0.2, 0) is 6.54 Å². The molecular formula is C15H21N3. The molecule has 2 rings (SSSR count). The zero-order valence-corrected chi connectivity index (χ0v) is 11.0. The standard InChI is InChI=1S/C15H21N3/c1-13(9-16)10-17-15-7-8-18(12-15)11-14-5-3-2-4-6-14/h2-6,13,15,17H,7-8,10-12H2,1H3. The molecule has 0 bridgehead atoms. The number of hydrogen-bond donors (Lipinski definition) is 1. The Morgan fingerprint density at radius 1 is 1.44 bits per heavy atom. The van der Waals surface area contributed by atoms with E-state index in [9.17, 15) is 0 Å². The molecule has 1 heterocycles. The van der Waals surface area contributed by atoms with Crippen molar-refractivity contribution in [2.45, 2.75) is 25.9 Å². The molecule has 3 heteroatoms. The van der Waals surface area contributed by atoms with Crippen LogP contribution in [0.4, 0.5) is 0 Å². The molecule has 1 aromatic rings. The highest BCUT2D eigenvalue weighted by Crippen LogP contribution is 2.13. The minimum atomic E-state index is 0.105. The third-order valence-corrected chi connectivity index (χ3v) is 3.45. The van der Waals surface area contributed by atoms with Crippen molar-refractivity contribution in [3.63, 3.8) is 0 Å². The van der Waals surface area contributed by atoms with Gasteiger partial charge in [-0.05, 0) is 18.9 Å². The van der Waals surface area contributed by atoms with Gasteiger partial charge in [0.2, 0.25) is 0 Å². The number of benzene rings is 1. The Balaban J connectivity index is 1.74. The molecule has 0 radical (unpaired) electrons. The maximum absolute atomic E-state index is 8.76. The zero-order chi connectivity index (χ0) is 12.8. The van der Waals surface area contributed by atoms with Crippen LogP contribution in [0.2, 0.25) is 0 Å². The minimum Gasteiger partial charge on any atom is -0.311 e. The summed E-state index contributed by atoms with van der Waals surface area (Å²) in [4.78, 5) is 2.48. The first-order chi connectivity index (χ1) is 8.78. The lowest BCUT2D eigenvalue weighted by atomic mass is 10.2.